The van der Waals surface area contributed by atoms with E-state index in [0.717, 1.165) is 51.4 Å². The molecular weight excluding hydrogens is 384 g/mol. The third-order valence-corrected chi connectivity index (χ3v) is 7.40. The summed E-state index contributed by atoms with van der Waals surface area (Å²) in [6, 6.07) is -0.559. The Morgan fingerprint density at radius 1 is 1.13 bits per heavy atom. The zero-order valence-electron chi connectivity index (χ0n) is 17.7. The van der Waals surface area contributed by atoms with Crippen molar-refractivity contribution in [3.05, 3.63) is 11.6 Å². The fraction of sp³-hybridized carbons (Fsp3) is 0.783. The summed E-state index contributed by atoms with van der Waals surface area (Å²) in [5, 5.41) is 15.7. The number of imide groups is 1. The highest BCUT2D eigenvalue weighted by Crippen LogP contribution is 2.62. The number of aliphatic hydroxyl groups is 1. The number of carbonyl (C=O) groups excluding carboxylic acids is 3. The molecule has 3 amide bonds. The highest BCUT2D eigenvalue weighted by Gasteiger charge is 2.57. The average Bonchev–Trinajstić information content (AvgIpc) is 2.65. The van der Waals surface area contributed by atoms with Gasteiger partial charge in [0.15, 0.2) is 6.61 Å². The first-order chi connectivity index (χ1) is 14.3. The van der Waals surface area contributed by atoms with E-state index < -0.39 is 30.1 Å². The molecule has 0 saturated heterocycles. The van der Waals surface area contributed by atoms with Gasteiger partial charge in [-0.1, -0.05) is 11.6 Å². The normalized spacial score (nSPS) is 34.2. The van der Waals surface area contributed by atoms with E-state index in [9.17, 15) is 19.5 Å². The Kier molecular flexibility index (Phi) is 6.19. The van der Waals surface area contributed by atoms with Gasteiger partial charge < -0.3 is 15.2 Å². The smallest absolute Gasteiger partial charge is 0.321 e. The summed E-state index contributed by atoms with van der Waals surface area (Å²) in [6.45, 7) is 0.0309. The maximum atomic E-state index is 12.4. The highest BCUT2D eigenvalue weighted by molar-refractivity contribution is 5.95. The molecule has 5 aliphatic carbocycles. The van der Waals surface area contributed by atoms with E-state index in [4.69, 9.17) is 4.74 Å². The Bertz CT molecular complexity index is 717. The SMILES string of the molecule is O=C(COC(=O)CC12C[C@@H]3C[C@H](CC(O)(C3)C1)C2)NC(=O)NCCC1=CCCCC1. The predicted octanol–water partition coefficient (Wildman–Crippen LogP) is 2.97. The Morgan fingerprint density at radius 2 is 1.90 bits per heavy atom. The summed E-state index contributed by atoms with van der Waals surface area (Å²) >= 11 is 0. The van der Waals surface area contributed by atoms with Crippen LogP contribution in [0.5, 0.6) is 0 Å². The molecule has 7 nitrogen and oxygen atoms in total. The summed E-state index contributed by atoms with van der Waals surface area (Å²) in [5.74, 6) is -0.0388. The lowest BCUT2D eigenvalue weighted by Gasteiger charge is -2.60. The summed E-state index contributed by atoms with van der Waals surface area (Å²) < 4.78 is 5.15. The van der Waals surface area contributed by atoms with Gasteiger partial charge in [-0.05, 0) is 87.9 Å². The highest BCUT2D eigenvalue weighted by atomic mass is 16.5. The molecule has 4 saturated carbocycles. The number of hydrogen-bond acceptors (Lipinski definition) is 5. The standard InChI is InChI=1S/C23H34N2O5/c26-19(25-21(28)24-7-6-16-4-2-1-3-5-16)14-30-20(27)13-22-9-17-8-18(10-22)12-23(29,11-17)15-22/h4,17-18,29H,1-3,5-15H2,(H2,24,25,26,28)/t17-,18-,22?,23?/m0/s1. The molecule has 0 heterocycles. The van der Waals surface area contributed by atoms with Crippen molar-refractivity contribution in [2.24, 2.45) is 17.3 Å². The number of rotatable bonds is 7. The number of hydrogen-bond donors (Lipinski definition) is 3. The van der Waals surface area contributed by atoms with Gasteiger partial charge in [0.05, 0.1) is 12.0 Å². The number of carbonyl (C=O) groups is 3. The van der Waals surface area contributed by atoms with Crippen LogP contribution in [0.2, 0.25) is 0 Å². The molecule has 3 N–H and O–H groups in total. The number of urea groups is 1. The molecule has 0 aromatic carbocycles. The van der Waals surface area contributed by atoms with Crippen LogP contribution in [-0.4, -0.2) is 41.8 Å². The topological polar surface area (TPSA) is 105 Å². The summed E-state index contributed by atoms with van der Waals surface area (Å²) in [7, 11) is 0. The predicted molar refractivity (Wildman–Crippen MR) is 110 cm³/mol. The first-order valence-corrected chi connectivity index (χ1v) is 11.5. The van der Waals surface area contributed by atoms with Crippen molar-refractivity contribution in [1.29, 1.82) is 0 Å². The van der Waals surface area contributed by atoms with Crippen LogP contribution in [0.25, 0.3) is 0 Å². The van der Waals surface area contributed by atoms with Gasteiger partial charge in [-0.2, -0.15) is 0 Å². The molecule has 0 unspecified atom stereocenters. The molecule has 0 aromatic rings. The Hall–Kier alpha value is -1.89. The molecule has 4 fully saturated rings. The Balaban J connectivity index is 1.15. The van der Waals surface area contributed by atoms with Crippen LogP contribution in [0, 0.1) is 17.3 Å². The van der Waals surface area contributed by atoms with Gasteiger partial charge >= 0.3 is 12.0 Å². The summed E-state index contributed by atoms with van der Waals surface area (Å²) in [6.07, 6.45) is 13.4. The Labute approximate surface area is 178 Å². The van der Waals surface area contributed by atoms with Gasteiger partial charge in [0.1, 0.15) is 0 Å². The van der Waals surface area contributed by atoms with Gasteiger partial charge in [0, 0.05) is 6.54 Å². The molecule has 0 radical (unpaired) electrons. The summed E-state index contributed by atoms with van der Waals surface area (Å²) in [4.78, 5) is 36.2. The average molecular weight is 419 g/mol. The Morgan fingerprint density at radius 3 is 2.57 bits per heavy atom. The number of amides is 3. The summed E-state index contributed by atoms with van der Waals surface area (Å²) in [5.41, 5.74) is 0.557. The van der Waals surface area contributed by atoms with Gasteiger partial charge in [-0.15, -0.1) is 0 Å². The third kappa shape index (κ3) is 5.23. The van der Waals surface area contributed by atoms with Crippen molar-refractivity contribution in [1.82, 2.24) is 10.6 Å². The molecule has 30 heavy (non-hydrogen) atoms. The molecule has 2 atom stereocenters. The lowest BCUT2D eigenvalue weighted by atomic mass is 9.47. The van der Waals surface area contributed by atoms with Crippen molar-refractivity contribution in [3.8, 4) is 0 Å². The molecule has 0 aliphatic heterocycles. The van der Waals surface area contributed by atoms with E-state index in [1.807, 2.05) is 0 Å². The number of nitrogens with one attached hydrogen (secondary N) is 2. The molecule has 166 valence electrons. The molecule has 7 heteroatoms. The molecule has 5 rings (SSSR count). The van der Waals surface area contributed by atoms with Crippen molar-refractivity contribution in [2.45, 2.75) is 82.7 Å². The monoisotopic (exact) mass is 418 g/mol. The van der Waals surface area contributed by atoms with Crippen LogP contribution >= 0.6 is 0 Å². The zero-order chi connectivity index (χ0) is 21.2. The van der Waals surface area contributed by atoms with Gasteiger partial charge in [0.25, 0.3) is 5.91 Å². The van der Waals surface area contributed by atoms with Gasteiger partial charge in [-0.25, -0.2) is 4.79 Å². The van der Waals surface area contributed by atoms with Crippen LogP contribution in [0.1, 0.15) is 77.0 Å². The molecule has 0 spiro atoms. The minimum atomic E-state index is -0.623. The molecule has 0 aromatic heterocycles. The van der Waals surface area contributed by atoms with E-state index >= 15 is 0 Å². The largest absolute Gasteiger partial charge is 0.456 e. The van der Waals surface area contributed by atoms with Crippen LogP contribution in [0.4, 0.5) is 4.79 Å². The van der Waals surface area contributed by atoms with Gasteiger partial charge in [-0.3, -0.25) is 14.9 Å². The first kappa shape index (κ1) is 21.3. The second kappa shape index (κ2) is 8.69. The second-order valence-electron chi connectivity index (χ2n) is 10.2. The first-order valence-electron chi connectivity index (χ1n) is 11.5. The molecule has 4 bridgehead atoms. The van der Waals surface area contributed by atoms with E-state index in [0.29, 0.717) is 24.8 Å². The number of allylic oxidation sites excluding steroid dienone is 1. The van der Waals surface area contributed by atoms with E-state index in [2.05, 4.69) is 16.7 Å². The van der Waals surface area contributed by atoms with E-state index in [1.165, 1.54) is 18.4 Å². The van der Waals surface area contributed by atoms with Crippen LogP contribution in [0.15, 0.2) is 11.6 Å². The quantitative estimate of drug-likeness (QED) is 0.435. The molecular formula is C23H34N2O5. The van der Waals surface area contributed by atoms with Crippen molar-refractivity contribution < 1.29 is 24.2 Å². The maximum absolute atomic E-state index is 12.4. The number of ether oxygens (including phenoxy) is 1. The van der Waals surface area contributed by atoms with E-state index in [-0.39, 0.29) is 11.8 Å². The van der Waals surface area contributed by atoms with Gasteiger partial charge in [0.2, 0.25) is 0 Å². The van der Waals surface area contributed by atoms with Crippen LogP contribution in [-0.2, 0) is 14.3 Å². The van der Waals surface area contributed by atoms with Crippen LogP contribution < -0.4 is 10.6 Å². The molecule has 5 aliphatic rings. The lowest BCUT2D eigenvalue weighted by molar-refractivity contribution is -0.177. The minimum Gasteiger partial charge on any atom is -0.456 e. The fourth-order valence-electron chi connectivity index (χ4n) is 6.79. The number of esters is 1. The maximum Gasteiger partial charge on any atom is 0.321 e. The van der Waals surface area contributed by atoms with Crippen molar-refractivity contribution in [3.63, 3.8) is 0 Å². The third-order valence-electron chi connectivity index (χ3n) is 7.40. The zero-order valence-corrected chi connectivity index (χ0v) is 17.7. The van der Waals surface area contributed by atoms with Crippen molar-refractivity contribution >= 4 is 17.9 Å². The van der Waals surface area contributed by atoms with Crippen LogP contribution in [0.3, 0.4) is 0 Å². The minimum absolute atomic E-state index is 0.183. The van der Waals surface area contributed by atoms with Crippen molar-refractivity contribution in [2.75, 3.05) is 13.2 Å². The van der Waals surface area contributed by atoms with E-state index in [1.54, 1.807) is 0 Å². The lowest BCUT2D eigenvalue weighted by Crippen LogP contribution is -2.56. The fourth-order valence-corrected chi connectivity index (χ4v) is 6.79. The second-order valence-corrected chi connectivity index (χ2v) is 10.2.